The molecule has 1 saturated heterocycles. The third kappa shape index (κ3) is 3.63. The van der Waals surface area contributed by atoms with Gasteiger partial charge in [-0.1, -0.05) is 48.5 Å². The van der Waals surface area contributed by atoms with Crippen LogP contribution in [0.1, 0.15) is 24.3 Å². The lowest BCUT2D eigenvalue weighted by Crippen LogP contribution is -2.40. The van der Waals surface area contributed by atoms with Gasteiger partial charge in [0.2, 0.25) is 0 Å². The highest BCUT2D eigenvalue weighted by Crippen LogP contribution is 2.33. The quantitative estimate of drug-likeness (QED) is 0.461. The lowest BCUT2D eigenvalue weighted by molar-refractivity contribution is 0.195. The van der Waals surface area contributed by atoms with Crippen LogP contribution >= 0.6 is 11.3 Å². The van der Waals surface area contributed by atoms with E-state index in [1.54, 1.807) is 0 Å². The Morgan fingerprint density at radius 2 is 1.83 bits per heavy atom. The number of amides is 2. The fraction of sp³-hybridized carbons (Fsp3) is 0.217. The molecule has 0 unspecified atom stereocenters. The summed E-state index contributed by atoms with van der Waals surface area (Å²) in [5.74, 6) is 0.486. The molecular weight excluding hydrogens is 380 g/mol. The van der Waals surface area contributed by atoms with Crippen LogP contribution in [0.25, 0.3) is 22.2 Å². The van der Waals surface area contributed by atoms with Gasteiger partial charge in [-0.3, -0.25) is 5.32 Å². The monoisotopic (exact) mass is 402 g/mol. The van der Waals surface area contributed by atoms with Gasteiger partial charge in [0.05, 0.1) is 5.69 Å². The molecule has 1 aliphatic rings. The van der Waals surface area contributed by atoms with Crippen molar-refractivity contribution in [3.8, 4) is 11.3 Å². The highest BCUT2D eigenvalue weighted by atomic mass is 32.1. The zero-order valence-corrected chi connectivity index (χ0v) is 16.8. The number of benzene rings is 2. The van der Waals surface area contributed by atoms with Gasteiger partial charge in [0.15, 0.2) is 5.13 Å². The number of nitrogens with one attached hydrogen (secondary N) is 2. The van der Waals surface area contributed by atoms with Gasteiger partial charge in [-0.15, -0.1) is 11.3 Å². The lowest BCUT2D eigenvalue weighted by atomic mass is 9.89. The Morgan fingerprint density at radius 3 is 2.66 bits per heavy atom. The molecule has 5 rings (SSSR count). The van der Waals surface area contributed by atoms with Gasteiger partial charge in [0.1, 0.15) is 0 Å². The van der Waals surface area contributed by atoms with E-state index in [0.717, 1.165) is 37.2 Å². The summed E-state index contributed by atoms with van der Waals surface area (Å²) in [6.07, 6.45) is 4.08. The average molecular weight is 403 g/mol. The van der Waals surface area contributed by atoms with Crippen molar-refractivity contribution in [2.24, 2.45) is 0 Å². The minimum atomic E-state index is -0.0589. The summed E-state index contributed by atoms with van der Waals surface area (Å²) >= 11 is 1.46. The maximum Gasteiger partial charge on any atom is 0.323 e. The Balaban J connectivity index is 1.21. The maximum atomic E-state index is 12.7. The summed E-state index contributed by atoms with van der Waals surface area (Å²) in [6, 6.07) is 18.4. The number of likely N-dealkylation sites (tertiary alicyclic amines) is 1. The number of hydrogen-bond acceptors (Lipinski definition) is 3. The molecule has 6 heteroatoms. The second-order valence-electron chi connectivity index (χ2n) is 7.38. The fourth-order valence-corrected chi connectivity index (χ4v) is 4.78. The van der Waals surface area contributed by atoms with E-state index in [2.05, 4.69) is 45.7 Å². The van der Waals surface area contributed by atoms with E-state index in [1.807, 2.05) is 40.6 Å². The van der Waals surface area contributed by atoms with E-state index in [0.29, 0.717) is 11.0 Å². The molecule has 0 saturated carbocycles. The van der Waals surface area contributed by atoms with Crippen molar-refractivity contribution in [1.29, 1.82) is 0 Å². The van der Waals surface area contributed by atoms with Crippen molar-refractivity contribution in [2.75, 3.05) is 18.4 Å². The molecule has 1 aliphatic heterocycles. The van der Waals surface area contributed by atoms with Gasteiger partial charge in [-0.25, -0.2) is 9.78 Å². The van der Waals surface area contributed by atoms with Crippen LogP contribution in [0, 0.1) is 0 Å². The number of carbonyl (C=O) groups excluding carboxylic acids is 1. The number of para-hydroxylation sites is 1. The fourth-order valence-electron chi connectivity index (χ4n) is 4.07. The molecule has 5 nitrogen and oxygen atoms in total. The number of aromatic amines is 1. The normalized spacial score (nSPS) is 15.0. The number of piperidine rings is 1. The van der Waals surface area contributed by atoms with E-state index >= 15 is 0 Å². The van der Waals surface area contributed by atoms with Crippen molar-refractivity contribution in [3.05, 3.63) is 71.7 Å². The Kier molecular flexibility index (Phi) is 4.77. The molecule has 0 spiro atoms. The number of thiazole rings is 1. The largest absolute Gasteiger partial charge is 0.361 e. The van der Waals surface area contributed by atoms with E-state index in [9.17, 15) is 4.79 Å². The van der Waals surface area contributed by atoms with Crippen LogP contribution in [0.15, 0.2) is 66.2 Å². The summed E-state index contributed by atoms with van der Waals surface area (Å²) in [7, 11) is 0. The predicted molar refractivity (Wildman–Crippen MR) is 118 cm³/mol. The average Bonchev–Trinajstić information content (AvgIpc) is 3.42. The van der Waals surface area contributed by atoms with Crippen LogP contribution in [0.5, 0.6) is 0 Å². The first-order valence-corrected chi connectivity index (χ1v) is 10.8. The van der Waals surface area contributed by atoms with Crippen LogP contribution in [0.4, 0.5) is 9.93 Å². The Bertz CT molecular complexity index is 1130. The summed E-state index contributed by atoms with van der Waals surface area (Å²) in [6.45, 7) is 1.51. The predicted octanol–water partition coefficient (Wildman–Crippen LogP) is 5.70. The molecule has 0 bridgehead atoms. The zero-order valence-electron chi connectivity index (χ0n) is 16.0. The third-order valence-electron chi connectivity index (χ3n) is 5.63. The number of hydrogen-bond donors (Lipinski definition) is 2. The van der Waals surface area contributed by atoms with Gasteiger partial charge in [-0.2, -0.15) is 0 Å². The molecule has 3 heterocycles. The van der Waals surface area contributed by atoms with Crippen molar-refractivity contribution in [2.45, 2.75) is 18.8 Å². The molecule has 0 atom stereocenters. The molecule has 29 heavy (non-hydrogen) atoms. The Hall–Kier alpha value is -3.12. The number of rotatable bonds is 3. The molecule has 0 aliphatic carbocycles. The van der Waals surface area contributed by atoms with Crippen molar-refractivity contribution in [3.63, 3.8) is 0 Å². The molecule has 2 amide bonds. The highest BCUT2D eigenvalue weighted by Gasteiger charge is 2.25. The SMILES string of the molecule is O=C(Nc1nc(-c2ccccc2)cs1)N1CCC(c2c[nH]c3ccccc23)CC1. The molecule has 2 N–H and O–H groups in total. The molecule has 1 fully saturated rings. The second-order valence-corrected chi connectivity index (χ2v) is 8.24. The second kappa shape index (κ2) is 7.72. The van der Waals surface area contributed by atoms with Crippen LogP contribution in [0.2, 0.25) is 0 Å². The number of nitrogens with zero attached hydrogens (tertiary/aromatic N) is 2. The van der Waals surface area contributed by atoms with Crippen LogP contribution in [-0.2, 0) is 0 Å². The standard InChI is InChI=1S/C23H22N4OS/c28-23(26-22-25-21(15-29-22)17-6-2-1-3-7-17)27-12-10-16(11-13-27)19-14-24-20-9-5-4-8-18(19)20/h1-9,14-16,24H,10-13H2,(H,25,26,28). The molecular formula is C23H22N4OS. The van der Waals surface area contributed by atoms with Gasteiger partial charge in [0, 0.05) is 41.1 Å². The van der Waals surface area contributed by atoms with E-state index < -0.39 is 0 Å². The summed E-state index contributed by atoms with van der Waals surface area (Å²) in [4.78, 5) is 22.5. The first-order chi connectivity index (χ1) is 14.3. The van der Waals surface area contributed by atoms with Crippen molar-refractivity contribution < 1.29 is 4.79 Å². The molecule has 146 valence electrons. The van der Waals surface area contributed by atoms with Crippen LogP contribution in [0.3, 0.4) is 0 Å². The van der Waals surface area contributed by atoms with Crippen molar-refractivity contribution in [1.82, 2.24) is 14.9 Å². The van der Waals surface area contributed by atoms with Gasteiger partial charge in [-0.05, 0) is 30.4 Å². The number of H-pyrrole nitrogens is 1. The molecule has 4 aromatic rings. The maximum absolute atomic E-state index is 12.7. The minimum Gasteiger partial charge on any atom is -0.361 e. The molecule has 2 aromatic carbocycles. The van der Waals surface area contributed by atoms with E-state index in [-0.39, 0.29) is 6.03 Å². The zero-order chi connectivity index (χ0) is 19.6. The lowest BCUT2D eigenvalue weighted by Gasteiger charge is -2.31. The van der Waals surface area contributed by atoms with Gasteiger partial charge in [0.25, 0.3) is 0 Å². The Morgan fingerprint density at radius 1 is 1.07 bits per heavy atom. The van der Waals surface area contributed by atoms with Crippen molar-refractivity contribution >= 4 is 33.4 Å². The number of urea groups is 1. The Labute approximate surface area is 173 Å². The van der Waals surface area contributed by atoms with Crippen LogP contribution in [-0.4, -0.2) is 34.0 Å². The highest BCUT2D eigenvalue weighted by molar-refractivity contribution is 7.14. The summed E-state index contributed by atoms with van der Waals surface area (Å²) in [5.41, 5.74) is 4.50. The topological polar surface area (TPSA) is 61.0 Å². The first kappa shape index (κ1) is 17.9. The number of carbonyl (C=O) groups is 1. The smallest absolute Gasteiger partial charge is 0.323 e. The molecule has 0 radical (unpaired) electrons. The van der Waals surface area contributed by atoms with Gasteiger partial charge >= 0.3 is 6.03 Å². The van der Waals surface area contributed by atoms with E-state index in [4.69, 9.17) is 0 Å². The van der Waals surface area contributed by atoms with E-state index in [1.165, 1.54) is 27.8 Å². The summed E-state index contributed by atoms with van der Waals surface area (Å²) in [5, 5.41) is 6.89. The summed E-state index contributed by atoms with van der Waals surface area (Å²) < 4.78 is 0. The third-order valence-corrected chi connectivity index (χ3v) is 6.39. The number of fused-ring (bicyclic) bond motifs is 1. The first-order valence-electron chi connectivity index (χ1n) is 9.91. The number of anilines is 1. The number of aromatic nitrogens is 2. The minimum absolute atomic E-state index is 0.0589. The van der Waals surface area contributed by atoms with Crippen LogP contribution < -0.4 is 5.32 Å². The van der Waals surface area contributed by atoms with Gasteiger partial charge < -0.3 is 9.88 Å². The molecule has 2 aromatic heterocycles.